The quantitative estimate of drug-likeness (QED) is 0.781. The Labute approximate surface area is 104 Å². The molecule has 0 amide bonds. The van der Waals surface area contributed by atoms with Gasteiger partial charge in [-0.1, -0.05) is 0 Å². The van der Waals surface area contributed by atoms with E-state index in [1.807, 2.05) is 0 Å². The molecule has 1 N–H and O–H groups in total. The van der Waals surface area contributed by atoms with E-state index in [1.165, 1.54) is 6.42 Å². The maximum atomic E-state index is 10.5. The number of carbonyl (C=O) groups is 1. The predicted molar refractivity (Wildman–Crippen MR) is 64.3 cm³/mol. The Morgan fingerprint density at radius 3 is 2.18 bits per heavy atom. The Kier molecular flexibility index (Phi) is 4.20. The van der Waals surface area contributed by atoms with Gasteiger partial charge in [-0.15, -0.1) is 0 Å². The fourth-order valence-electron chi connectivity index (χ4n) is 3.00. The van der Waals surface area contributed by atoms with Gasteiger partial charge in [-0.3, -0.25) is 4.90 Å². The van der Waals surface area contributed by atoms with Crippen LogP contribution >= 0.6 is 0 Å². The number of aliphatic hydroxyl groups excluding tert-OH is 1. The Bertz CT molecular complexity index is 270. The van der Waals surface area contributed by atoms with Crippen molar-refractivity contribution in [1.29, 1.82) is 0 Å². The Morgan fingerprint density at radius 2 is 1.76 bits per heavy atom. The molecule has 1 aliphatic heterocycles. The first-order valence-corrected chi connectivity index (χ1v) is 6.31. The van der Waals surface area contributed by atoms with Gasteiger partial charge in [0.15, 0.2) is 0 Å². The van der Waals surface area contributed by atoms with E-state index in [1.54, 1.807) is 0 Å². The fraction of sp³-hybridized carbons (Fsp3) is 0.923. The number of aliphatic carboxylic acids is 1. The number of β-amino-alcohol motifs (C(OH)–C–C–N with tert-alkyl or cyclic N) is 1. The minimum absolute atomic E-state index is 0.00859. The van der Waals surface area contributed by atoms with Crippen molar-refractivity contribution < 1.29 is 15.0 Å². The van der Waals surface area contributed by atoms with Crippen molar-refractivity contribution >= 4 is 5.97 Å². The largest absolute Gasteiger partial charge is 0.550 e. The van der Waals surface area contributed by atoms with Crippen LogP contribution in [0.25, 0.3) is 0 Å². The van der Waals surface area contributed by atoms with Crippen LogP contribution in [0.3, 0.4) is 0 Å². The van der Waals surface area contributed by atoms with E-state index in [-0.39, 0.29) is 17.5 Å². The van der Waals surface area contributed by atoms with E-state index >= 15 is 0 Å². The third-order valence-corrected chi connectivity index (χ3v) is 3.83. The summed E-state index contributed by atoms with van der Waals surface area (Å²) >= 11 is 0. The van der Waals surface area contributed by atoms with Gasteiger partial charge in [0, 0.05) is 30.0 Å². The monoisotopic (exact) mass is 242 g/mol. The Hall–Kier alpha value is -0.610. The van der Waals surface area contributed by atoms with Crippen molar-refractivity contribution in [3.8, 4) is 0 Å². The van der Waals surface area contributed by atoms with Crippen LogP contribution in [-0.2, 0) is 4.79 Å². The second-order valence-electron chi connectivity index (χ2n) is 6.32. The van der Waals surface area contributed by atoms with Crippen LogP contribution in [0.5, 0.6) is 0 Å². The number of carbonyl (C=O) groups excluding carboxylic acids is 1. The van der Waals surface area contributed by atoms with Crippen LogP contribution in [0.2, 0.25) is 0 Å². The molecule has 0 aliphatic carbocycles. The predicted octanol–water partition coefficient (Wildman–Crippen LogP) is 0.530. The van der Waals surface area contributed by atoms with Crippen molar-refractivity contribution in [3.63, 3.8) is 0 Å². The smallest absolute Gasteiger partial charge is 0.0719 e. The molecule has 4 heteroatoms. The second kappa shape index (κ2) is 4.94. The van der Waals surface area contributed by atoms with Crippen molar-refractivity contribution in [1.82, 2.24) is 4.90 Å². The number of nitrogens with zero attached hydrogens (tertiary/aromatic N) is 1. The molecule has 0 aromatic heterocycles. The molecule has 17 heavy (non-hydrogen) atoms. The van der Waals surface area contributed by atoms with E-state index in [9.17, 15) is 15.0 Å². The maximum absolute atomic E-state index is 10.5. The molecule has 1 heterocycles. The minimum atomic E-state index is -1.19. The maximum Gasteiger partial charge on any atom is 0.0719 e. The van der Waals surface area contributed by atoms with Crippen molar-refractivity contribution in [2.75, 3.05) is 6.54 Å². The van der Waals surface area contributed by atoms with E-state index < -0.39 is 12.1 Å². The molecule has 0 aromatic rings. The molecule has 0 aromatic carbocycles. The number of piperidine rings is 1. The van der Waals surface area contributed by atoms with Gasteiger partial charge >= 0.3 is 0 Å². The lowest BCUT2D eigenvalue weighted by Gasteiger charge is -2.53. The molecule has 1 unspecified atom stereocenters. The van der Waals surface area contributed by atoms with Gasteiger partial charge < -0.3 is 15.0 Å². The summed E-state index contributed by atoms with van der Waals surface area (Å²) in [6.45, 7) is 9.01. The third-order valence-electron chi connectivity index (χ3n) is 3.83. The van der Waals surface area contributed by atoms with Crippen molar-refractivity contribution in [2.45, 2.75) is 70.6 Å². The summed E-state index contributed by atoms with van der Waals surface area (Å²) in [6, 6.07) is 0. The molecule has 1 aliphatic rings. The summed E-state index contributed by atoms with van der Waals surface area (Å²) in [7, 11) is 0. The van der Waals surface area contributed by atoms with Gasteiger partial charge in [-0.05, 0) is 47.0 Å². The van der Waals surface area contributed by atoms with Crippen LogP contribution in [0.15, 0.2) is 0 Å². The number of carboxylic acid groups (broad SMARTS) is 1. The highest BCUT2D eigenvalue weighted by Crippen LogP contribution is 2.38. The van der Waals surface area contributed by atoms with Crippen molar-refractivity contribution in [3.05, 3.63) is 0 Å². The zero-order valence-corrected chi connectivity index (χ0v) is 11.3. The molecule has 1 atom stereocenters. The van der Waals surface area contributed by atoms with Crippen LogP contribution in [0.4, 0.5) is 0 Å². The normalized spacial score (nSPS) is 25.5. The molecule has 4 nitrogen and oxygen atoms in total. The van der Waals surface area contributed by atoms with Gasteiger partial charge in [-0.2, -0.15) is 0 Å². The standard InChI is InChI=1S/C13H25NO3/c1-12(2)6-5-7-13(3,4)14(12)9-10(15)8-11(16)17/h10,15H,5-9H2,1-4H3,(H,16,17)/p-1. The number of aliphatic hydroxyl groups is 1. The summed E-state index contributed by atoms with van der Waals surface area (Å²) in [4.78, 5) is 12.7. The van der Waals surface area contributed by atoms with E-state index in [4.69, 9.17) is 0 Å². The van der Waals surface area contributed by atoms with Crippen LogP contribution in [0.1, 0.15) is 53.4 Å². The van der Waals surface area contributed by atoms with E-state index in [0.717, 1.165) is 12.8 Å². The average Bonchev–Trinajstić information content (AvgIpc) is 2.09. The highest BCUT2D eigenvalue weighted by molar-refractivity contribution is 5.64. The molecule has 0 spiro atoms. The lowest BCUT2D eigenvalue weighted by Crippen LogP contribution is -2.60. The van der Waals surface area contributed by atoms with Gasteiger partial charge in [0.2, 0.25) is 0 Å². The Balaban J connectivity index is 2.73. The summed E-state index contributed by atoms with van der Waals surface area (Å²) in [5, 5.41) is 20.3. The zero-order valence-electron chi connectivity index (χ0n) is 11.3. The van der Waals surface area contributed by atoms with Gasteiger partial charge in [-0.25, -0.2) is 0 Å². The first kappa shape index (κ1) is 14.5. The van der Waals surface area contributed by atoms with Crippen LogP contribution in [0, 0.1) is 0 Å². The van der Waals surface area contributed by atoms with Crippen LogP contribution in [-0.4, -0.2) is 39.7 Å². The molecule has 0 radical (unpaired) electrons. The Morgan fingerprint density at radius 1 is 1.29 bits per heavy atom. The van der Waals surface area contributed by atoms with Crippen molar-refractivity contribution in [2.24, 2.45) is 0 Å². The first-order valence-electron chi connectivity index (χ1n) is 6.31. The number of likely N-dealkylation sites (tertiary alicyclic amines) is 1. The minimum Gasteiger partial charge on any atom is -0.550 e. The summed E-state index contributed by atoms with van der Waals surface area (Å²) in [5.41, 5.74) is 0.0172. The van der Waals surface area contributed by atoms with Gasteiger partial charge in [0.1, 0.15) is 0 Å². The molecule has 1 rings (SSSR count). The topological polar surface area (TPSA) is 63.6 Å². The number of hydrogen-bond acceptors (Lipinski definition) is 4. The molecule has 1 fully saturated rings. The highest BCUT2D eigenvalue weighted by atomic mass is 16.4. The summed E-state index contributed by atoms with van der Waals surface area (Å²) < 4.78 is 0. The molecule has 1 saturated heterocycles. The third kappa shape index (κ3) is 3.68. The average molecular weight is 242 g/mol. The molecular formula is C13H24NO3-. The lowest BCUT2D eigenvalue weighted by atomic mass is 9.79. The highest BCUT2D eigenvalue weighted by Gasteiger charge is 2.41. The molecular weight excluding hydrogens is 218 g/mol. The fourth-order valence-corrected chi connectivity index (χ4v) is 3.00. The van der Waals surface area contributed by atoms with Gasteiger partial charge in [0.05, 0.1) is 6.10 Å². The number of rotatable bonds is 4. The van der Waals surface area contributed by atoms with E-state index in [0.29, 0.717) is 6.54 Å². The molecule has 0 bridgehead atoms. The summed E-state index contributed by atoms with van der Waals surface area (Å²) in [5.74, 6) is -1.19. The SMILES string of the molecule is CC1(C)CCCC(C)(C)N1CC(O)CC(=O)[O-]. The first-order chi connectivity index (χ1) is 7.65. The zero-order chi connectivity index (χ0) is 13.3. The second-order valence-corrected chi connectivity index (χ2v) is 6.32. The number of carboxylic acids is 1. The molecule has 100 valence electrons. The van der Waals surface area contributed by atoms with Crippen LogP contribution < -0.4 is 5.11 Å². The summed E-state index contributed by atoms with van der Waals surface area (Å²) in [6.07, 6.45) is 2.19. The van der Waals surface area contributed by atoms with Gasteiger partial charge in [0.25, 0.3) is 0 Å². The number of hydrogen-bond donors (Lipinski definition) is 1. The lowest BCUT2D eigenvalue weighted by molar-refractivity contribution is -0.307. The molecule has 0 saturated carbocycles. The van der Waals surface area contributed by atoms with E-state index in [2.05, 4.69) is 32.6 Å².